The van der Waals surface area contributed by atoms with Crippen LogP contribution in [0.5, 0.6) is 0 Å². The fourth-order valence-corrected chi connectivity index (χ4v) is 3.43. The number of aromatic nitrogens is 2. The van der Waals surface area contributed by atoms with Crippen LogP contribution in [0.25, 0.3) is 5.69 Å². The van der Waals surface area contributed by atoms with Gasteiger partial charge in [-0.2, -0.15) is 4.98 Å². The van der Waals surface area contributed by atoms with Crippen LogP contribution >= 0.6 is 0 Å². The Morgan fingerprint density at radius 1 is 1.36 bits per heavy atom. The summed E-state index contributed by atoms with van der Waals surface area (Å²) >= 11 is 0. The minimum atomic E-state index is -0.272. The van der Waals surface area contributed by atoms with Gasteiger partial charge in [0.15, 0.2) is 0 Å². The second-order valence-electron chi connectivity index (χ2n) is 6.68. The molecule has 2 aromatic rings. The molecule has 0 spiro atoms. The van der Waals surface area contributed by atoms with Gasteiger partial charge in [0, 0.05) is 26.3 Å². The molecule has 1 unspecified atom stereocenters. The van der Waals surface area contributed by atoms with Crippen molar-refractivity contribution in [2.45, 2.75) is 19.3 Å². The summed E-state index contributed by atoms with van der Waals surface area (Å²) in [5.41, 5.74) is 7.64. The number of piperidine rings is 1. The first-order valence-electron chi connectivity index (χ1n) is 8.99. The number of nitrogens with zero attached hydrogens (tertiary/aromatic N) is 3. The summed E-state index contributed by atoms with van der Waals surface area (Å²) in [4.78, 5) is 18.7. The third kappa shape index (κ3) is 4.46. The lowest BCUT2D eigenvalue weighted by Crippen LogP contribution is -2.39. The van der Waals surface area contributed by atoms with E-state index in [0.717, 1.165) is 38.3 Å². The number of rotatable bonds is 6. The van der Waals surface area contributed by atoms with Crippen LogP contribution in [0.3, 0.4) is 0 Å². The van der Waals surface area contributed by atoms with Gasteiger partial charge in [-0.05, 0) is 62.0 Å². The number of hydrogen-bond acceptors (Lipinski definition) is 5. The summed E-state index contributed by atoms with van der Waals surface area (Å²) in [7, 11) is 1.75. The molecule has 1 fully saturated rings. The Morgan fingerprint density at radius 3 is 3.00 bits per heavy atom. The molecule has 1 atom stereocenters. The van der Waals surface area contributed by atoms with Gasteiger partial charge >= 0.3 is 5.69 Å². The maximum absolute atomic E-state index is 12.2. The van der Waals surface area contributed by atoms with Gasteiger partial charge in [0.05, 0.1) is 5.69 Å². The van der Waals surface area contributed by atoms with Gasteiger partial charge in [-0.3, -0.25) is 4.57 Å². The maximum Gasteiger partial charge on any atom is 0.354 e. The van der Waals surface area contributed by atoms with E-state index in [4.69, 9.17) is 5.73 Å². The zero-order valence-corrected chi connectivity index (χ0v) is 14.8. The molecule has 1 saturated heterocycles. The van der Waals surface area contributed by atoms with Gasteiger partial charge in [0.2, 0.25) is 0 Å². The second kappa shape index (κ2) is 8.27. The Bertz CT molecular complexity index is 757. The fraction of sp³-hybridized carbons (Fsp3) is 0.474. The van der Waals surface area contributed by atoms with Gasteiger partial charge in [-0.1, -0.05) is 12.1 Å². The predicted molar refractivity (Wildman–Crippen MR) is 101 cm³/mol. The normalized spacial score (nSPS) is 18.2. The van der Waals surface area contributed by atoms with E-state index in [1.54, 1.807) is 23.9 Å². The van der Waals surface area contributed by atoms with E-state index in [2.05, 4.69) is 27.3 Å². The van der Waals surface area contributed by atoms with Crippen LogP contribution < -0.4 is 16.7 Å². The molecule has 6 nitrogen and oxygen atoms in total. The van der Waals surface area contributed by atoms with Crippen molar-refractivity contribution in [3.8, 4) is 5.69 Å². The first kappa shape index (κ1) is 17.6. The topological polar surface area (TPSA) is 76.2 Å². The average molecular weight is 341 g/mol. The number of nitrogens with two attached hydrogens (primary N) is 1. The molecule has 3 rings (SSSR count). The molecule has 3 N–H and O–H groups in total. The molecule has 0 amide bonds. The zero-order chi connectivity index (χ0) is 17.6. The zero-order valence-electron chi connectivity index (χ0n) is 14.8. The van der Waals surface area contributed by atoms with E-state index in [-0.39, 0.29) is 5.69 Å². The van der Waals surface area contributed by atoms with Crippen molar-refractivity contribution >= 4 is 5.82 Å². The summed E-state index contributed by atoms with van der Waals surface area (Å²) in [6.45, 7) is 4.08. The molecular weight excluding hydrogens is 314 g/mol. The molecule has 1 aliphatic heterocycles. The van der Waals surface area contributed by atoms with E-state index in [1.165, 1.54) is 18.4 Å². The van der Waals surface area contributed by atoms with Crippen molar-refractivity contribution in [2.24, 2.45) is 11.7 Å². The lowest BCUT2D eigenvalue weighted by molar-refractivity contribution is 0.180. The van der Waals surface area contributed by atoms with Crippen molar-refractivity contribution in [3.63, 3.8) is 0 Å². The van der Waals surface area contributed by atoms with E-state index < -0.39 is 0 Å². The predicted octanol–water partition coefficient (Wildman–Crippen LogP) is 1.49. The Balaban J connectivity index is 1.68. The minimum Gasteiger partial charge on any atom is -0.373 e. The van der Waals surface area contributed by atoms with Crippen molar-refractivity contribution in [2.75, 3.05) is 38.5 Å². The number of likely N-dealkylation sites (tertiary alicyclic amines) is 1. The highest BCUT2D eigenvalue weighted by molar-refractivity contribution is 5.38. The largest absolute Gasteiger partial charge is 0.373 e. The van der Waals surface area contributed by atoms with E-state index in [0.29, 0.717) is 11.7 Å². The molecule has 2 heterocycles. The van der Waals surface area contributed by atoms with Crippen LogP contribution in [0.2, 0.25) is 0 Å². The van der Waals surface area contributed by atoms with Crippen molar-refractivity contribution in [1.82, 2.24) is 14.5 Å². The lowest BCUT2D eigenvalue weighted by atomic mass is 9.98. The third-order valence-corrected chi connectivity index (χ3v) is 4.90. The van der Waals surface area contributed by atoms with Gasteiger partial charge in [0.25, 0.3) is 0 Å². The Kier molecular flexibility index (Phi) is 5.83. The smallest absolute Gasteiger partial charge is 0.354 e. The molecule has 6 heteroatoms. The summed E-state index contributed by atoms with van der Waals surface area (Å²) < 4.78 is 1.58. The fourth-order valence-electron chi connectivity index (χ4n) is 3.43. The monoisotopic (exact) mass is 341 g/mol. The van der Waals surface area contributed by atoms with Crippen LogP contribution in [-0.4, -0.2) is 47.7 Å². The molecule has 0 saturated carbocycles. The molecule has 0 bridgehead atoms. The molecule has 0 aliphatic carbocycles. The quantitative estimate of drug-likeness (QED) is 0.832. The summed E-state index contributed by atoms with van der Waals surface area (Å²) in [5.74, 6) is 1.22. The minimum absolute atomic E-state index is 0.272. The highest BCUT2D eigenvalue weighted by Gasteiger charge is 2.18. The van der Waals surface area contributed by atoms with Crippen LogP contribution in [0.1, 0.15) is 18.4 Å². The Morgan fingerprint density at radius 2 is 2.24 bits per heavy atom. The number of benzene rings is 1. The van der Waals surface area contributed by atoms with Gasteiger partial charge < -0.3 is 16.0 Å². The standard InChI is InChI=1S/C19H27N5O/c1-21-18-8-11-24(19(25)22-18)17-6-2-4-15(12-17)7-10-23-9-3-5-16(13-20)14-23/h2,4,6,8,11-12,16H,3,5,7,9-10,13-14,20H2,1H3,(H,21,22,25). The molecule has 1 aromatic carbocycles. The van der Waals surface area contributed by atoms with E-state index >= 15 is 0 Å². The number of anilines is 1. The molecule has 25 heavy (non-hydrogen) atoms. The van der Waals surface area contributed by atoms with Crippen molar-refractivity contribution in [1.29, 1.82) is 0 Å². The number of hydrogen-bond donors (Lipinski definition) is 2. The van der Waals surface area contributed by atoms with E-state index in [1.807, 2.05) is 12.1 Å². The summed E-state index contributed by atoms with van der Waals surface area (Å²) in [6, 6.07) is 9.94. The molecular formula is C19H27N5O. The van der Waals surface area contributed by atoms with Crippen molar-refractivity contribution in [3.05, 3.63) is 52.6 Å². The summed E-state index contributed by atoms with van der Waals surface area (Å²) in [6.07, 6.45) is 5.22. The Labute approximate surface area is 148 Å². The first-order chi connectivity index (χ1) is 12.2. The van der Waals surface area contributed by atoms with Gasteiger partial charge in [-0.25, -0.2) is 4.79 Å². The van der Waals surface area contributed by atoms with Gasteiger partial charge in [0.1, 0.15) is 5.82 Å². The van der Waals surface area contributed by atoms with Crippen molar-refractivity contribution < 1.29 is 0 Å². The van der Waals surface area contributed by atoms with Crippen LogP contribution in [0.15, 0.2) is 41.3 Å². The SMILES string of the molecule is CNc1ccn(-c2cccc(CCN3CCCC(CN)C3)c2)c(=O)n1. The highest BCUT2D eigenvalue weighted by Crippen LogP contribution is 2.16. The van der Waals surface area contributed by atoms with Crippen LogP contribution in [0.4, 0.5) is 5.82 Å². The summed E-state index contributed by atoms with van der Waals surface area (Å²) in [5, 5.41) is 2.88. The first-order valence-corrected chi connectivity index (χ1v) is 8.99. The Hall–Kier alpha value is -2.18. The molecule has 1 aromatic heterocycles. The van der Waals surface area contributed by atoms with Crippen LogP contribution in [0, 0.1) is 5.92 Å². The second-order valence-corrected chi connectivity index (χ2v) is 6.68. The number of nitrogens with one attached hydrogen (secondary N) is 1. The highest BCUT2D eigenvalue weighted by atomic mass is 16.1. The maximum atomic E-state index is 12.2. The average Bonchev–Trinajstić information content (AvgIpc) is 2.66. The molecule has 1 aliphatic rings. The van der Waals surface area contributed by atoms with Gasteiger partial charge in [-0.15, -0.1) is 0 Å². The molecule has 134 valence electrons. The van der Waals surface area contributed by atoms with E-state index in [9.17, 15) is 4.79 Å². The molecule has 0 radical (unpaired) electrons. The van der Waals surface area contributed by atoms with Crippen LogP contribution in [-0.2, 0) is 6.42 Å². The third-order valence-electron chi connectivity index (χ3n) is 4.90. The lowest BCUT2D eigenvalue weighted by Gasteiger charge is -2.32.